The maximum Gasteiger partial charge on any atom is 0.223 e. The quantitative estimate of drug-likeness (QED) is 0.654. The van der Waals surface area contributed by atoms with Crippen molar-refractivity contribution in [1.82, 2.24) is 4.90 Å². The molecule has 0 aromatic heterocycles. The third kappa shape index (κ3) is 3.31. The zero-order valence-corrected chi connectivity index (χ0v) is 18.4. The molecule has 1 aliphatic heterocycles. The lowest BCUT2D eigenvalue weighted by Gasteiger charge is -2.71. The van der Waals surface area contributed by atoms with Gasteiger partial charge in [0, 0.05) is 19.5 Å². The van der Waals surface area contributed by atoms with Crippen LogP contribution in [-0.4, -0.2) is 24.5 Å². The van der Waals surface area contributed by atoms with E-state index in [0.29, 0.717) is 29.9 Å². The fourth-order valence-corrected chi connectivity index (χ4v) is 7.31. The Hall–Kier alpha value is -2.49. The molecule has 6 aliphatic rings. The van der Waals surface area contributed by atoms with Crippen molar-refractivity contribution in [2.75, 3.05) is 13.7 Å². The highest BCUT2D eigenvalue weighted by molar-refractivity contribution is 5.77. The number of hydrogen-bond acceptors (Lipinski definition) is 3. The van der Waals surface area contributed by atoms with Gasteiger partial charge in [0.2, 0.25) is 5.91 Å². The van der Waals surface area contributed by atoms with Crippen LogP contribution in [0.3, 0.4) is 0 Å². The van der Waals surface area contributed by atoms with E-state index in [2.05, 4.69) is 29.2 Å². The highest BCUT2D eigenvalue weighted by atomic mass is 16.5. The lowest BCUT2D eigenvalue weighted by atomic mass is 9.33. The Kier molecular flexibility index (Phi) is 4.35. The molecule has 8 rings (SSSR count). The van der Waals surface area contributed by atoms with Gasteiger partial charge < -0.3 is 14.4 Å². The molecule has 1 spiro atoms. The Bertz CT molecular complexity index is 995. The van der Waals surface area contributed by atoms with Crippen LogP contribution >= 0.6 is 0 Å². The van der Waals surface area contributed by atoms with Crippen molar-refractivity contribution in [2.24, 2.45) is 16.7 Å². The SMILES string of the molecule is COc1cc2c(cc1OCc1ccccc1)CCN(C(=O)CC13CC4CC(C4)(C1)C3)C2. The molecule has 0 atom stereocenters. The van der Waals surface area contributed by atoms with Crippen LogP contribution in [0.15, 0.2) is 42.5 Å². The van der Waals surface area contributed by atoms with Gasteiger partial charge in [0.25, 0.3) is 0 Å². The number of rotatable bonds is 6. The fraction of sp³-hybridized carbons (Fsp3) is 0.519. The summed E-state index contributed by atoms with van der Waals surface area (Å²) in [6, 6.07) is 14.4. The fourth-order valence-electron chi connectivity index (χ4n) is 7.31. The number of nitrogens with zero attached hydrogens (tertiary/aromatic N) is 1. The summed E-state index contributed by atoms with van der Waals surface area (Å²) in [6.45, 7) is 2.01. The van der Waals surface area contributed by atoms with E-state index < -0.39 is 0 Å². The van der Waals surface area contributed by atoms with E-state index in [1.807, 2.05) is 18.2 Å². The molecule has 31 heavy (non-hydrogen) atoms. The first-order chi connectivity index (χ1) is 15.1. The summed E-state index contributed by atoms with van der Waals surface area (Å²) < 4.78 is 11.7. The van der Waals surface area contributed by atoms with Crippen LogP contribution in [0.4, 0.5) is 0 Å². The third-order valence-electron chi connectivity index (χ3n) is 8.28. The van der Waals surface area contributed by atoms with Gasteiger partial charge >= 0.3 is 0 Å². The number of carbonyl (C=O) groups excluding carboxylic acids is 1. The molecule has 162 valence electrons. The molecule has 0 unspecified atom stereocenters. The van der Waals surface area contributed by atoms with Crippen LogP contribution in [0.5, 0.6) is 11.5 Å². The maximum atomic E-state index is 13.2. The van der Waals surface area contributed by atoms with E-state index in [1.165, 1.54) is 43.2 Å². The molecule has 3 bridgehead atoms. The van der Waals surface area contributed by atoms with Crippen molar-refractivity contribution < 1.29 is 14.3 Å². The van der Waals surface area contributed by atoms with E-state index in [9.17, 15) is 4.79 Å². The number of methoxy groups -OCH3 is 1. The molecular weight excluding hydrogens is 386 g/mol. The Morgan fingerprint density at radius 1 is 1.06 bits per heavy atom. The maximum absolute atomic E-state index is 13.2. The molecule has 2 aromatic carbocycles. The van der Waals surface area contributed by atoms with E-state index >= 15 is 0 Å². The van der Waals surface area contributed by atoms with Gasteiger partial charge in [0.1, 0.15) is 6.61 Å². The highest BCUT2D eigenvalue weighted by Gasteiger charge is 2.66. The van der Waals surface area contributed by atoms with Gasteiger partial charge in [-0.3, -0.25) is 4.79 Å². The van der Waals surface area contributed by atoms with Crippen molar-refractivity contribution in [2.45, 2.75) is 58.1 Å². The van der Waals surface area contributed by atoms with Crippen molar-refractivity contribution >= 4 is 5.91 Å². The molecule has 4 nitrogen and oxygen atoms in total. The Labute approximate surface area is 184 Å². The lowest BCUT2D eigenvalue weighted by molar-refractivity contribution is -0.212. The smallest absolute Gasteiger partial charge is 0.223 e. The van der Waals surface area contributed by atoms with Crippen molar-refractivity contribution in [3.8, 4) is 11.5 Å². The number of ether oxygens (including phenoxy) is 2. The number of amides is 1. The molecule has 5 aliphatic carbocycles. The number of benzene rings is 2. The van der Waals surface area contributed by atoms with E-state index in [1.54, 1.807) is 7.11 Å². The predicted molar refractivity (Wildman–Crippen MR) is 119 cm³/mol. The summed E-state index contributed by atoms with van der Waals surface area (Å²) in [4.78, 5) is 15.3. The van der Waals surface area contributed by atoms with Crippen LogP contribution in [0.2, 0.25) is 0 Å². The summed E-state index contributed by atoms with van der Waals surface area (Å²) in [7, 11) is 1.68. The molecule has 5 fully saturated rings. The number of fused-ring (bicyclic) bond motifs is 1. The van der Waals surface area contributed by atoms with Crippen molar-refractivity contribution in [3.05, 3.63) is 59.2 Å². The van der Waals surface area contributed by atoms with Gasteiger partial charge in [-0.2, -0.15) is 0 Å². The molecule has 1 amide bonds. The first-order valence-corrected chi connectivity index (χ1v) is 11.7. The predicted octanol–water partition coefficient (Wildman–Crippen LogP) is 5.13. The van der Waals surface area contributed by atoms with E-state index in [4.69, 9.17) is 9.47 Å². The standard InChI is InChI=1S/C27H31NO3/c1-30-23-10-22-15-28(25(29)14-27-13-20-11-26(12-20,17-27)18-27)8-7-21(22)9-24(23)31-16-19-5-3-2-4-6-19/h2-6,9-10,20H,7-8,11-18H2,1H3. The van der Waals surface area contributed by atoms with Crippen LogP contribution in [0.25, 0.3) is 0 Å². The Balaban J connectivity index is 1.13. The topological polar surface area (TPSA) is 38.8 Å². The molecule has 0 N–H and O–H groups in total. The van der Waals surface area contributed by atoms with Crippen LogP contribution in [0, 0.1) is 16.7 Å². The van der Waals surface area contributed by atoms with Gasteiger partial charge in [0.05, 0.1) is 7.11 Å². The summed E-state index contributed by atoms with van der Waals surface area (Å²) in [6.07, 6.45) is 8.43. The lowest BCUT2D eigenvalue weighted by Crippen LogP contribution is -2.62. The number of hydrogen-bond donors (Lipinski definition) is 0. The van der Waals surface area contributed by atoms with E-state index in [-0.39, 0.29) is 0 Å². The van der Waals surface area contributed by atoms with Gasteiger partial charge in [-0.25, -0.2) is 0 Å². The first kappa shape index (κ1) is 19.2. The Morgan fingerprint density at radius 3 is 2.55 bits per heavy atom. The zero-order valence-electron chi connectivity index (χ0n) is 18.4. The van der Waals surface area contributed by atoms with Gasteiger partial charge in [-0.15, -0.1) is 0 Å². The average molecular weight is 418 g/mol. The first-order valence-electron chi connectivity index (χ1n) is 11.7. The highest BCUT2D eigenvalue weighted by Crippen LogP contribution is 2.76. The van der Waals surface area contributed by atoms with Gasteiger partial charge in [0.15, 0.2) is 11.5 Å². The minimum Gasteiger partial charge on any atom is -0.493 e. The van der Waals surface area contributed by atoms with E-state index in [0.717, 1.165) is 42.4 Å². The van der Waals surface area contributed by atoms with Gasteiger partial charge in [-0.1, -0.05) is 30.3 Å². The molecule has 2 aromatic rings. The molecule has 5 saturated carbocycles. The normalized spacial score (nSPS) is 30.0. The summed E-state index contributed by atoms with van der Waals surface area (Å²) >= 11 is 0. The second-order valence-electron chi connectivity index (χ2n) is 10.6. The molecule has 1 heterocycles. The van der Waals surface area contributed by atoms with Crippen molar-refractivity contribution in [3.63, 3.8) is 0 Å². The van der Waals surface area contributed by atoms with Crippen LogP contribution < -0.4 is 9.47 Å². The second-order valence-corrected chi connectivity index (χ2v) is 10.6. The zero-order chi connectivity index (χ0) is 21.1. The second kappa shape index (κ2) is 7.01. The van der Waals surface area contributed by atoms with Gasteiger partial charge in [-0.05, 0) is 84.1 Å². The van der Waals surface area contributed by atoms with Crippen LogP contribution in [-0.2, 0) is 24.4 Å². The average Bonchev–Trinajstić information content (AvgIpc) is 2.76. The molecule has 0 saturated heterocycles. The molecule has 4 heteroatoms. The minimum atomic E-state index is 0.339. The Morgan fingerprint density at radius 2 is 1.84 bits per heavy atom. The minimum absolute atomic E-state index is 0.339. The molecule has 0 radical (unpaired) electrons. The summed E-state index contributed by atoms with van der Waals surface area (Å²) in [5.74, 6) is 2.79. The summed E-state index contributed by atoms with van der Waals surface area (Å²) in [5, 5.41) is 0. The number of carbonyl (C=O) groups is 1. The largest absolute Gasteiger partial charge is 0.493 e. The van der Waals surface area contributed by atoms with Crippen LogP contribution in [0.1, 0.15) is 55.2 Å². The third-order valence-corrected chi connectivity index (χ3v) is 8.28. The summed E-state index contributed by atoms with van der Waals surface area (Å²) in [5.41, 5.74) is 4.59. The monoisotopic (exact) mass is 417 g/mol. The van der Waals surface area contributed by atoms with Crippen molar-refractivity contribution in [1.29, 1.82) is 0 Å². The molecular formula is C27H31NO3.